The van der Waals surface area contributed by atoms with Crippen molar-refractivity contribution in [2.45, 2.75) is 6.18 Å². The molecule has 0 rings (SSSR count). The Morgan fingerprint density at radius 3 is 2.15 bits per heavy atom. The first-order chi connectivity index (χ1) is 5.85. The Morgan fingerprint density at radius 1 is 1.23 bits per heavy atom. The van der Waals surface area contributed by atoms with E-state index >= 15 is 0 Å². The highest BCUT2D eigenvalue weighted by molar-refractivity contribution is 5.96. The Kier molecular flexibility index (Phi) is 3.90. The van der Waals surface area contributed by atoms with Gasteiger partial charge in [0.1, 0.15) is 0 Å². The molecule has 0 unspecified atom stereocenters. The van der Waals surface area contributed by atoms with Gasteiger partial charge in [-0.2, -0.15) is 13.2 Å². The van der Waals surface area contributed by atoms with Crippen molar-refractivity contribution in [3.63, 3.8) is 0 Å². The molecule has 0 aliphatic heterocycles. The summed E-state index contributed by atoms with van der Waals surface area (Å²) < 4.78 is 38.1. The third-order valence-corrected chi connectivity index (χ3v) is 0.776. The molecule has 0 N–H and O–H groups in total. The molecule has 0 radical (unpaired) electrons. The van der Waals surface area contributed by atoms with Crippen LogP contribution in [0.3, 0.4) is 0 Å². The Hall–Kier alpha value is -1.59. The standard InChI is InChI=1S/C7H5F3O3/c1-2-5(11)13-6(12)3-4-7(8,9)10/h2-4H,1H2. The van der Waals surface area contributed by atoms with Crippen LogP contribution in [0.4, 0.5) is 13.2 Å². The fourth-order valence-corrected chi connectivity index (χ4v) is 0.337. The highest BCUT2D eigenvalue weighted by Gasteiger charge is 2.22. The minimum atomic E-state index is -4.60. The van der Waals surface area contributed by atoms with Gasteiger partial charge in [0.2, 0.25) is 0 Å². The maximum atomic E-state index is 11.4. The zero-order chi connectivity index (χ0) is 10.5. The molecule has 0 aliphatic rings. The van der Waals surface area contributed by atoms with Crippen LogP contribution in [0.2, 0.25) is 0 Å². The molecule has 0 heterocycles. The van der Waals surface area contributed by atoms with Gasteiger partial charge in [0.15, 0.2) is 0 Å². The molecule has 0 spiro atoms. The molecule has 0 atom stereocenters. The molecule has 13 heavy (non-hydrogen) atoms. The van der Waals surface area contributed by atoms with Crippen LogP contribution in [0, 0.1) is 0 Å². The van der Waals surface area contributed by atoms with Gasteiger partial charge < -0.3 is 4.74 Å². The number of esters is 2. The number of alkyl halides is 3. The van der Waals surface area contributed by atoms with E-state index in [0.29, 0.717) is 6.08 Å². The minimum Gasteiger partial charge on any atom is -0.387 e. The number of carbonyl (C=O) groups excluding carboxylic acids is 2. The monoisotopic (exact) mass is 194 g/mol. The summed E-state index contributed by atoms with van der Waals surface area (Å²) in [4.78, 5) is 20.7. The van der Waals surface area contributed by atoms with E-state index in [4.69, 9.17) is 0 Å². The molecule has 0 amide bonds. The third-order valence-electron chi connectivity index (χ3n) is 0.776. The Balaban J connectivity index is 4.09. The SMILES string of the molecule is C=CC(=O)OC(=O)C=CC(F)(F)F. The molecule has 72 valence electrons. The van der Waals surface area contributed by atoms with Crippen molar-refractivity contribution >= 4 is 11.9 Å². The summed E-state index contributed by atoms with van der Waals surface area (Å²) >= 11 is 0. The molecule has 0 aliphatic carbocycles. The van der Waals surface area contributed by atoms with Gasteiger partial charge in [0.25, 0.3) is 0 Å². The van der Waals surface area contributed by atoms with Crippen LogP contribution in [-0.4, -0.2) is 18.1 Å². The highest BCUT2D eigenvalue weighted by atomic mass is 19.4. The molecular weight excluding hydrogens is 189 g/mol. The maximum absolute atomic E-state index is 11.4. The van der Waals surface area contributed by atoms with Crippen LogP contribution in [0.15, 0.2) is 24.8 Å². The molecule has 0 aromatic rings. The lowest BCUT2D eigenvalue weighted by atomic mass is 10.5. The number of hydrogen-bond acceptors (Lipinski definition) is 3. The second kappa shape index (κ2) is 4.44. The van der Waals surface area contributed by atoms with Crippen molar-refractivity contribution in [1.82, 2.24) is 0 Å². The number of hydrogen-bond donors (Lipinski definition) is 0. The Bertz CT molecular complexity index is 252. The van der Waals surface area contributed by atoms with Gasteiger partial charge in [0.05, 0.1) is 0 Å². The van der Waals surface area contributed by atoms with E-state index < -0.39 is 18.1 Å². The maximum Gasteiger partial charge on any atom is 0.410 e. The average Bonchev–Trinajstić information content (AvgIpc) is 1.99. The van der Waals surface area contributed by atoms with E-state index in [1.165, 1.54) is 0 Å². The number of carbonyl (C=O) groups is 2. The largest absolute Gasteiger partial charge is 0.410 e. The molecule has 6 heteroatoms. The smallest absolute Gasteiger partial charge is 0.387 e. The van der Waals surface area contributed by atoms with E-state index in [-0.39, 0.29) is 12.2 Å². The number of allylic oxidation sites excluding steroid dienone is 1. The van der Waals surface area contributed by atoms with Crippen molar-refractivity contribution in [1.29, 1.82) is 0 Å². The minimum absolute atomic E-state index is 0.112. The van der Waals surface area contributed by atoms with Crippen LogP contribution < -0.4 is 0 Å². The van der Waals surface area contributed by atoms with Crippen molar-refractivity contribution in [3.8, 4) is 0 Å². The second-order valence-electron chi connectivity index (χ2n) is 1.82. The zero-order valence-electron chi connectivity index (χ0n) is 6.30. The topological polar surface area (TPSA) is 43.4 Å². The highest BCUT2D eigenvalue weighted by Crippen LogP contribution is 2.15. The predicted molar refractivity (Wildman–Crippen MR) is 36.5 cm³/mol. The third kappa shape index (κ3) is 6.79. The quantitative estimate of drug-likeness (QED) is 0.378. The summed E-state index contributed by atoms with van der Waals surface area (Å²) in [6.45, 7) is 2.95. The van der Waals surface area contributed by atoms with Gasteiger partial charge >= 0.3 is 18.1 Å². The first-order valence-electron chi connectivity index (χ1n) is 2.99. The summed E-state index contributed by atoms with van der Waals surface area (Å²) in [5, 5.41) is 0. The first-order valence-corrected chi connectivity index (χ1v) is 2.99. The fourth-order valence-electron chi connectivity index (χ4n) is 0.337. The van der Waals surface area contributed by atoms with Crippen LogP contribution in [-0.2, 0) is 14.3 Å². The van der Waals surface area contributed by atoms with Gasteiger partial charge in [-0.25, -0.2) is 9.59 Å². The van der Waals surface area contributed by atoms with Crippen molar-refractivity contribution in [3.05, 3.63) is 24.8 Å². The Morgan fingerprint density at radius 2 is 1.77 bits per heavy atom. The summed E-state index contributed by atoms with van der Waals surface area (Å²) in [5.74, 6) is -2.49. The van der Waals surface area contributed by atoms with Crippen LogP contribution >= 0.6 is 0 Å². The van der Waals surface area contributed by atoms with Gasteiger partial charge in [-0.3, -0.25) is 0 Å². The van der Waals surface area contributed by atoms with Crippen molar-refractivity contribution < 1.29 is 27.5 Å². The summed E-state index contributed by atoms with van der Waals surface area (Å²) in [6, 6.07) is 0. The summed E-state index contributed by atoms with van der Waals surface area (Å²) in [5.41, 5.74) is 0. The van der Waals surface area contributed by atoms with E-state index in [2.05, 4.69) is 11.3 Å². The van der Waals surface area contributed by atoms with Crippen LogP contribution in [0.1, 0.15) is 0 Å². The second-order valence-corrected chi connectivity index (χ2v) is 1.82. The summed E-state index contributed by atoms with van der Waals surface area (Å²) in [6.07, 6.45) is -4.15. The lowest BCUT2D eigenvalue weighted by Gasteiger charge is -1.97. The normalized spacial score (nSPS) is 11.3. The lowest BCUT2D eigenvalue weighted by Crippen LogP contribution is -2.09. The van der Waals surface area contributed by atoms with Gasteiger partial charge in [-0.15, -0.1) is 0 Å². The first kappa shape index (κ1) is 11.4. The molecule has 0 aromatic carbocycles. The van der Waals surface area contributed by atoms with Crippen molar-refractivity contribution in [2.24, 2.45) is 0 Å². The number of ether oxygens (including phenoxy) is 1. The van der Waals surface area contributed by atoms with Crippen LogP contribution in [0.25, 0.3) is 0 Å². The molecule has 0 fully saturated rings. The van der Waals surface area contributed by atoms with E-state index in [9.17, 15) is 22.8 Å². The lowest BCUT2D eigenvalue weighted by molar-refractivity contribution is -0.152. The molecule has 0 saturated heterocycles. The van der Waals surface area contributed by atoms with Gasteiger partial charge in [0, 0.05) is 18.2 Å². The fraction of sp³-hybridized carbons (Fsp3) is 0.143. The number of halogens is 3. The molecule has 3 nitrogen and oxygen atoms in total. The molecular formula is C7H5F3O3. The number of rotatable bonds is 2. The van der Waals surface area contributed by atoms with Gasteiger partial charge in [-0.1, -0.05) is 6.58 Å². The van der Waals surface area contributed by atoms with E-state index in [1.54, 1.807) is 0 Å². The zero-order valence-corrected chi connectivity index (χ0v) is 6.30. The van der Waals surface area contributed by atoms with Gasteiger partial charge in [-0.05, 0) is 0 Å². The van der Waals surface area contributed by atoms with E-state index in [0.717, 1.165) is 0 Å². The molecule has 0 saturated carbocycles. The van der Waals surface area contributed by atoms with E-state index in [1.807, 2.05) is 0 Å². The molecule has 0 bridgehead atoms. The average molecular weight is 194 g/mol. The molecule has 0 aromatic heterocycles. The Labute approximate surface area is 71.5 Å². The summed E-state index contributed by atoms with van der Waals surface area (Å²) in [7, 11) is 0. The van der Waals surface area contributed by atoms with Crippen LogP contribution in [0.5, 0.6) is 0 Å². The van der Waals surface area contributed by atoms with Crippen molar-refractivity contribution in [2.75, 3.05) is 0 Å². The predicted octanol–water partition coefficient (Wildman–Crippen LogP) is 1.36.